The number of nitrogens with zero attached hydrogens (tertiary/aromatic N) is 1. The summed E-state index contributed by atoms with van der Waals surface area (Å²) in [6.07, 6.45) is 3.23. The predicted molar refractivity (Wildman–Crippen MR) is 77.9 cm³/mol. The van der Waals surface area contributed by atoms with Crippen molar-refractivity contribution in [2.45, 2.75) is 37.3 Å². The van der Waals surface area contributed by atoms with Gasteiger partial charge in [0, 0.05) is 18.5 Å². The summed E-state index contributed by atoms with van der Waals surface area (Å²) in [7, 11) is 0. The van der Waals surface area contributed by atoms with Gasteiger partial charge in [0.1, 0.15) is 0 Å². The van der Waals surface area contributed by atoms with E-state index in [0.29, 0.717) is 26.4 Å². The molecule has 4 nitrogen and oxygen atoms in total. The van der Waals surface area contributed by atoms with E-state index >= 15 is 0 Å². The topological polar surface area (TPSA) is 38.8 Å². The normalized spacial score (nSPS) is 27.0. The molecule has 0 N–H and O–H groups in total. The van der Waals surface area contributed by atoms with Crippen molar-refractivity contribution in [3.8, 4) is 0 Å². The monoisotopic (exact) mass is 287 g/mol. The second-order valence-corrected chi connectivity index (χ2v) is 6.42. The highest BCUT2D eigenvalue weighted by Crippen LogP contribution is 2.48. The van der Waals surface area contributed by atoms with Crippen molar-refractivity contribution in [1.29, 1.82) is 0 Å². The van der Waals surface area contributed by atoms with E-state index in [-0.39, 0.29) is 11.3 Å². The Labute approximate surface area is 125 Å². The molecule has 1 spiro atoms. The van der Waals surface area contributed by atoms with E-state index < -0.39 is 6.10 Å². The summed E-state index contributed by atoms with van der Waals surface area (Å²) in [5.41, 5.74) is 2.95. The van der Waals surface area contributed by atoms with Gasteiger partial charge in [-0.05, 0) is 24.0 Å². The summed E-state index contributed by atoms with van der Waals surface area (Å²) in [4.78, 5) is 14.7. The number of ether oxygens (including phenoxy) is 2. The highest BCUT2D eigenvalue weighted by atomic mass is 16.6. The van der Waals surface area contributed by atoms with E-state index in [1.165, 1.54) is 30.4 Å². The van der Waals surface area contributed by atoms with Gasteiger partial charge in [0.15, 0.2) is 6.10 Å². The third-order valence-corrected chi connectivity index (χ3v) is 5.16. The predicted octanol–water partition coefficient (Wildman–Crippen LogP) is 1.87. The summed E-state index contributed by atoms with van der Waals surface area (Å²) in [6.45, 7) is 3.05. The molecule has 21 heavy (non-hydrogen) atoms. The fraction of sp³-hybridized carbons (Fsp3) is 0.588. The molecule has 1 saturated carbocycles. The molecule has 4 heteroatoms. The molecule has 4 rings (SSSR count). The standard InChI is InChI=1S/C17H21NO3/c19-16(15-11-20-8-9-21-15)18-10-13-4-1-2-5-14(13)17(12-18)6-3-7-17/h1-2,4-5,15H,3,6-12H2. The molecule has 1 saturated heterocycles. The van der Waals surface area contributed by atoms with Gasteiger partial charge in [-0.2, -0.15) is 0 Å². The zero-order valence-corrected chi connectivity index (χ0v) is 12.2. The van der Waals surface area contributed by atoms with Gasteiger partial charge >= 0.3 is 0 Å². The molecular weight excluding hydrogens is 266 g/mol. The first-order valence-corrected chi connectivity index (χ1v) is 7.85. The Morgan fingerprint density at radius 1 is 1.24 bits per heavy atom. The van der Waals surface area contributed by atoms with E-state index in [2.05, 4.69) is 24.3 Å². The van der Waals surface area contributed by atoms with Crippen LogP contribution in [-0.4, -0.2) is 43.3 Å². The Bertz CT molecular complexity index is 547. The van der Waals surface area contributed by atoms with Crippen LogP contribution in [0.5, 0.6) is 0 Å². The molecule has 1 aliphatic carbocycles. The molecule has 1 amide bonds. The first-order chi connectivity index (χ1) is 10.3. The molecule has 0 aromatic heterocycles. The minimum atomic E-state index is -0.416. The first kappa shape index (κ1) is 13.3. The van der Waals surface area contributed by atoms with Gasteiger partial charge in [-0.15, -0.1) is 0 Å². The largest absolute Gasteiger partial charge is 0.376 e. The van der Waals surface area contributed by atoms with Gasteiger partial charge in [0.05, 0.1) is 19.8 Å². The third kappa shape index (κ3) is 2.17. The second kappa shape index (κ2) is 5.11. The minimum absolute atomic E-state index is 0.0930. The van der Waals surface area contributed by atoms with Crippen molar-refractivity contribution in [2.75, 3.05) is 26.4 Å². The van der Waals surface area contributed by atoms with Crippen molar-refractivity contribution >= 4 is 5.91 Å². The van der Waals surface area contributed by atoms with Gasteiger partial charge in [0.25, 0.3) is 5.91 Å². The zero-order chi connectivity index (χ0) is 14.3. The maximum atomic E-state index is 12.7. The molecule has 2 heterocycles. The quantitative estimate of drug-likeness (QED) is 0.791. The van der Waals surface area contributed by atoms with Gasteiger partial charge in [-0.25, -0.2) is 0 Å². The maximum Gasteiger partial charge on any atom is 0.254 e. The number of fused-ring (bicyclic) bond motifs is 2. The SMILES string of the molecule is O=C(C1COCCO1)N1Cc2ccccc2C2(CCC2)C1. The van der Waals surface area contributed by atoms with Crippen molar-refractivity contribution in [3.05, 3.63) is 35.4 Å². The number of amides is 1. The Balaban J connectivity index is 1.60. The smallest absolute Gasteiger partial charge is 0.254 e. The van der Waals surface area contributed by atoms with E-state index in [9.17, 15) is 4.79 Å². The van der Waals surface area contributed by atoms with Crippen LogP contribution in [0.25, 0.3) is 0 Å². The van der Waals surface area contributed by atoms with E-state index in [4.69, 9.17) is 9.47 Å². The molecule has 1 aromatic carbocycles. The molecule has 2 fully saturated rings. The lowest BCUT2D eigenvalue weighted by molar-refractivity contribution is -0.160. The Morgan fingerprint density at radius 3 is 2.81 bits per heavy atom. The fourth-order valence-electron chi connectivity index (χ4n) is 3.91. The number of benzene rings is 1. The average Bonchev–Trinajstić information content (AvgIpc) is 2.52. The second-order valence-electron chi connectivity index (χ2n) is 6.42. The highest BCUT2D eigenvalue weighted by molar-refractivity contribution is 5.81. The van der Waals surface area contributed by atoms with Crippen LogP contribution in [0.15, 0.2) is 24.3 Å². The number of rotatable bonds is 1. The van der Waals surface area contributed by atoms with E-state index in [0.717, 1.165) is 6.54 Å². The van der Waals surface area contributed by atoms with E-state index in [1.54, 1.807) is 0 Å². The Morgan fingerprint density at radius 2 is 2.10 bits per heavy atom. The zero-order valence-electron chi connectivity index (χ0n) is 12.2. The van der Waals surface area contributed by atoms with Gasteiger partial charge in [-0.3, -0.25) is 4.79 Å². The molecule has 1 atom stereocenters. The molecule has 1 unspecified atom stereocenters. The summed E-state index contributed by atoms with van der Waals surface area (Å²) < 4.78 is 11.0. The van der Waals surface area contributed by atoms with Crippen LogP contribution in [0.3, 0.4) is 0 Å². The summed E-state index contributed by atoms with van der Waals surface area (Å²) in [6, 6.07) is 8.59. The molecular formula is C17H21NO3. The van der Waals surface area contributed by atoms with Crippen molar-refractivity contribution in [1.82, 2.24) is 4.90 Å². The van der Waals surface area contributed by atoms with Gasteiger partial charge in [0.2, 0.25) is 0 Å². The van der Waals surface area contributed by atoms with E-state index in [1.807, 2.05) is 4.90 Å². The molecule has 1 aromatic rings. The lowest BCUT2D eigenvalue weighted by atomic mass is 9.61. The third-order valence-electron chi connectivity index (χ3n) is 5.16. The minimum Gasteiger partial charge on any atom is -0.376 e. The van der Waals surface area contributed by atoms with Crippen LogP contribution in [0, 0.1) is 0 Å². The van der Waals surface area contributed by atoms with Crippen LogP contribution in [-0.2, 0) is 26.2 Å². The van der Waals surface area contributed by atoms with Crippen LogP contribution >= 0.6 is 0 Å². The number of hydrogen-bond acceptors (Lipinski definition) is 3. The number of hydrogen-bond donors (Lipinski definition) is 0. The van der Waals surface area contributed by atoms with Crippen LogP contribution in [0.4, 0.5) is 0 Å². The fourth-order valence-corrected chi connectivity index (χ4v) is 3.91. The van der Waals surface area contributed by atoms with Gasteiger partial charge in [-0.1, -0.05) is 30.7 Å². The number of carbonyl (C=O) groups excluding carboxylic acids is 1. The average molecular weight is 287 g/mol. The Hall–Kier alpha value is -1.39. The van der Waals surface area contributed by atoms with Crippen LogP contribution in [0.2, 0.25) is 0 Å². The van der Waals surface area contributed by atoms with Crippen molar-refractivity contribution in [2.24, 2.45) is 0 Å². The molecule has 0 radical (unpaired) electrons. The van der Waals surface area contributed by atoms with Gasteiger partial charge < -0.3 is 14.4 Å². The summed E-state index contributed by atoms with van der Waals surface area (Å²) in [5, 5.41) is 0. The maximum absolute atomic E-state index is 12.7. The number of carbonyl (C=O) groups is 1. The van der Waals surface area contributed by atoms with Crippen molar-refractivity contribution < 1.29 is 14.3 Å². The summed E-state index contributed by atoms with van der Waals surface area (Å²) in [5.74, 6) is 0.0930. The Kier molecular flexibility index (Phi) is 3.23. The van der Waals surface area contributed by atoms with Crippen LogP contribution in [0.1, 0.15) is 30.4 Å². The molecule has 112 valence electrons. The molecule has 2 aliphatic heterocycles. The molecule has 3 aliphatic rings. The highest BCUT2D eigenvalue weighted by Gasteiger charge is 2.46. The summed E-state index contributed by atoms with van der Waals surface area (Å²) >= 11 is 0. The molecule has 0 bridgehead atoms. The lowest BCUT2D eigenvalue weighted by Crippen LogP contribution is -2.55. The van der Waals surface area contributed by atoms with Crippen LogP contribution < -0.4 is 0 Å². The lowest BCUT2D eigenvalue weighted by Gasteiger charge is -2.50. The van der Waals surface area contributed by atoms with Crippen molar-refractivity contribution in [3.63, 3.8) is 0 Å². The first-order valence-electron chi connectivity index (χ1n) is 7.85.